The van der Waals surface area contributed by atoms with Crippen molar-refractivity contribution in [3.63, 3.8) is 0 Å². The lowest BCUT2D eigenvalue weighted by atomic mass is 10.3. The predicted molar refractivity (Wildman–Crippen MR) is 69.0 cm³/mol. The van der Waals surface area contributed by atoms with Gasteiger partial charge in [0.1, 0.15) is 0 Å². The highest BCUT2D eigenvalue weighted by Gasteiger charge is 2.18. The second-order valence-electron chi connectivity index (χ2n) is 3.67. The highest BCUT2D eigenvalue weighted by molar-refractivity contribution is 7.91. The van der Waals surface area contributed by atoms with Crippen molar-refractivity contribution < 1.29 is 8.42 Å². The predicted octanol–water partition coefficient (Wildman–Crippen LogP) is 2.03. The van der Waals surface area contributed by atoms with Gasteiger partial charge >= 0.3 is 0 Å². The number of nitrogens with zero attached hydrogens (tertiary/aromatic N) is 1. The van der Waals surface area contributed by atoms with Crippen molar-refractivity contribution >= 4 is 21.4 Å². The Morgan fingerprint density at radius 3 is 2.28 bits per heavy atom. The molecule has 0 saturated heterocycles. The first-order valence-corrected chi connectivity index (χ1v) is 7.06. The van der Waals surface area contributed by atoms with Crippen LogP contribution in [0.4, 0.5) is 0 Å². The summed E-state index contributed by atoms with van der Waals surface area (Å²) in [4.78, 5) is 4.09. The van der Waals surface area contributed by atoms with E-state index in [1.165, 1.54) is 36.5 Å². The Hall–Kier alpha value is -1.43. The van der Waals surface area contributed by atoms with E-state index < -0.39 is 9.84 Å². The maximum atomic E-state index is 12.2. The quantitative estimate of drug-likeness (QED) is 0.935. The number of pyridine rings is 1. The van der Waals surface area contributed by atoms with Crippen LogP contribution in [-0.4, -0.2) is 13.4 Å². The molecule has 0 bridgehead atoms. The summed E-state index contributed by atoms with van der Waals surface area (Å²) in [7, 11) is -3.59. The van der Waals surface area contributed by atoms with Crippen molar-refractivity contribution in [3.05, 3.63) is 53.2 Å². The molecule has 2 aromatic rings. The third kappa shape index (κ3) is 2.53. The van der Waals surface area contributed by atoms with E-state index in [0.29, 0.717) is 11.6 Å². The fourth-order valence-electron chi connectivity index (χ4n) is 1.43. The molecule has 0 fully saturated rings. The van der Waals surface area contributed by atoms with Crippen LogP contribution < -0.4 is 5.73 Å². The Morgan fingerprint density at radius 1 is 1.11 bits per heavy atom. The Kier molecular flexibility index (Phi) is 3.65. The van der Waals surface area contributed by atoms with Gasteiger partial charge in [0, 0.05) is 17.8 Å². The second kappa shape index (κ2) is 5.06. The Bertz CT molecular complexity index is 637. The molecule has 1 heterocycles. The number of hydrogen-bond acceptors (Lipinski definition) is 4. The molecule has 94 valence electrons. The van der Waals surface area contributed by atoms with Gasteiger partial charge < -0.3 is 5.73 Å². The molecule has 0 aliphatic heterocycles. The molecular weight excluding hydrogens is 272 g/mol. The molecular formula is C12H11ClN2O2S. The lowest BCUT2D eigenvalue weighted by Gasteiger charge is -2.04. The molecule has 0 atom stereocenters. The van der Waals surface area contributed by atoms with Gasteiger partial charge in [0.05, 0.1) is 4.90 Å². The molecule has 4 nitrogen and oxygen atoms in total. The van der Waals surface area contributed by atoms with Crippen molar-refractivity contribution in [2.24, 2.45) is 5.73 Å². The van der Waals surface area contributed by atoms with Gasteiger partial charge in [-0.2, -0.15) is 0 Å². The Morgan fingerprint density at radius 2 is 1.78 bits per heavy atom. The molecule has 0 saturated carbocycles. The molecule has 2 N–H and O–H groups in total. The Labute approximate surface area is 110 Å². The van der Waals surface area contributed by atoms with Crippen molar-refractivity contribution in [2.75, 3.05) is 0 Å². The van der Waals surface area contributed by atoms with Crippen LogP contribution in [0.2, 0.25) is 5.02 Å². The zero-order valence-corrected chi connectivity index (χ0v) is 10.9. The van der Waals surface area contributed by atoms with Crippen LogP contribution in [0.15, 0.2) is 52.5 Å². The number of halogens is 1. The number of rotatable bonds is 3. The smallest absolute Gasteiger partial charge is 0.223 e. The van der Waals surface area contributed by atoms with Gasteiger partial charge in [-0.05, 0) is 35.9 Å². The standard InChI is InChI=1S/C12H11ClN2O2S/c13-10-2-4-11(5-3-10)18(16,17)12-6-1-9(7-14)8-15-12/h1-6,8H,7,14H2. The van der Waals surface area contributed by atoms with Gasteiger partial charge in [-0.1, -0.05) is 17.7 Å². The average molecular weight is 283 g/mol. The first-order chi connectivity index (χ1) is 8.54. The molecule has 1 aromatic carbocycles. The monoisotopic (exact) mass is 282 g/mol. The van der Waals surface area contributed by atoms with Crippen LogP contribution in [-0.2, 0) is 16.4 Å². The fourth-order valence-corrected chi connectivity index (χ4v) is 2.73. The zero-order valence-electron chi connectivity index (χ0n) is 9.38. The molecule has 0 spiro atoms. The van der Waals surface area contributed by atoms with Crippen LogP contribution in [0.1, 0.15) is 5.56 Å². The van der Waals surface area contributed by atoms with E-state index >= 15 is 0 Å². The van der Waals surface area contributed by atoms with Crippen LogP contribution in [0.25, 0.3) is 0 Å². The highest BCUT2D eigenvalue weighted by atomic mass is 35.5. The lowest BCUT2D eigenvalue weighted by molar-refractivity contribution is 0.592. The SMILES string of the molecule is NCc1ccc(S(=O)(=O)c2ccc(Cl)cc2)nc1. The number of sulfone groups is 1. The summed E-state index contributed by atoms with van der Waals surface area (Å²) in [6.45, 7) is 0.328. The molecule has 0 amide bonds. The van der Waals surface area contributed by atoms with Crippen LogP contribution in [0, 0.1) is 0 Å². The normalized spacial score (nSPS) is 11.4. The van der Waals surface area contributed by atoms with E-state index in [0.717, 1.165) is 5.56 Å². The fraction of sp³-hybridized carbons (Fsp3) is 0.0833. The number of nitrogens with two attached hydrogens (primary N) is 1. The first kappa shape index (κ1) is 13.0. The van der Waals surface area contributed by atoms with E-state index in [1.807, 2.05) is 0 Å². The van der Waals surface area contributed by atoms with Gasteiger partial charge in [-0.25, -0.2) is 13.4 Å². The third-order valence-electron chi connectivity index (χ3n) is 2.43. The summed E-state index contributed by atoms with van der Waals surface area (Å²) >= 11 is 5.72. The minimum Gasteiger partial charge on any atom is -0.326 e. The molecule has 0 aliphatic rings. The summed E-state index contributed by atoms with van der Waals surface area (Å²) in [6.07, 6.45) is 1.46. The van der Waals surface area contributed by atoms with E-state index in [2.05, 4.69) is 4.98 Å². The van der Waals surface area contributed by atoms with E-state index in [1.54, 1.807) is 6.07 Å². The van der Waals surface area contributed by atoms with Gasteiger partial charge in [-0.3, -0.25) is 0 Å². The number of aromatic nitrogens is 1. The van der Waals surface area contributed by atoms with Crippen LogP contribution in [0.3, 0.4) is 0 Å². The summed E-state index contributed by atoms with van der Waals surface area (Å²) in [5, 5.41) is 0.488. The summed E-state index contributed by atoms with van der Waals surface area (Å²) in [6, 6.07) is 9.07. The molecule has 6 heteroatoms. The first-order valence-electron chi connectivity index (χ1n) is 5.19. The maximum Gasteiger partial charge on any atom is 0.223 e. The zero-order chi connectivity index (χ0) is 13.2. The van der Waals surface area contributed by atoms with Crippen molar-refractivity contribution in [1.29, 1.82) is 0 Å². The van der Waals surface area contributed by atoms with E-state index in [-0.39, 0.29) is 9.92 Å². The molecule has 18 heavy (non-hydrogen) atoms. The average Bonchev–Trinajstić information content (AvgIpc) is 2.39. The van der Waals surface area contributed by atoms with Gasteiger partial charge in [0.25, 0.3) is 0 Å². The van der Waals surface area contributed by atoms with Crippen LogP contribution >= 0.6 is 11.6 Å². The number of hydrogen-bond donors (Lipinski definition) is 1. The van der Waals surface area contributed by atoms with Crippen molar-refractivity contribution in [2.45, 2.75) is 16.5 Å². The third-order valence-corrected chi connectivity index (χ3v) is 4.37. The molecule has 0 aliphatic carbocycles. The van der Waals surface area contributed by atoms with Gasteiger partial charge in [0.15, 0.2) is 5.03 Å². The highest BCUT2D eigenvalue weighted by Crippen LogP contribution is 2.20. The minimum absolute atomic E-state index is 0.00187. The second-order valence-corrected chi connectivity index (χ2v) is 6.00. The molecule has 0 unspecified atom stereocenters. The molecule has 2 rings (SSSR count). The van der Waals surface area contributed by atoms with Crippen molar-refractivity contribution in [3.8, 4) is 0 Å². The summed E-state index contributed by atoms with van der Waals surface area (Å²) < 4.78 is 24.4. The molecule has 1 aromatic heterocycles. The van der Waals surface area contributed by atoms with Gasteiger partial charge in [0.2, 0.25) is 9.84 Å². The summed E-state index contributed by atoms with van der Waals surface area (Å²) in [5.74, 6) is 0. The van der Waals surface area contributed by atoms with Crippen LogP contribution in [0.5, 0.6) is 0 Å². The maximum absolute atomic E-state index is 12.2. The molecule has 0 radical (unpaired) electrons. The van der Waals surface area contributed by atoms with E-state index in [4.69, 9.17) is 17.3 Å². The van der Waals surface area contributed by atoms with E-state index in [9.17, 15) is 8.42 Å². The lowest BCUT2D eigenvalue weighted by Crippen LogP contribution is -2.05. The minimum atomic E-state index is -3.59. The topological polar surface area (TPSA) is 73.1 Å². The number of benzene rings is 1. The summed E-state index contributed by atoms with van der Waals surface area (Å²) in [5.41, 5.74) is 6.22. The van der Waals surface area contributed by atoms with Gasteiger partial charge in [-0.15, -0.1) is 0 Å². The largest absolute Gasteiger partial charge is 0.326 e. The van der Waals surface area contributed by atoms with Crippen molar-refractivity contribution in [1.82, 2.24) is 4.98 Å². The Balaban J connectivity index is 2.44.